The van der Waals surface area contributed by atoms with Gasteiger partial charge in [-0.25, -0.2) is 0 Å². The number of hydrogen-bond acceptors (Lipinski definition) is 3. The summed E-state index contributed by atoms with van der Waals surface area (Å²) in [5.41, 5.74) is 3.64. The molecule has 0 radical (unpaired) electrons. The lowest BCUT2D eigenvalue weighted by molar-refractivity contribution is -0.112. The third kappa shape index (κ3) is 4.44. The first kappa shape index (κ1) is 18.5. The van der Waals surface area contributed by atoms with Gasteiger partial charge in [-0.15, -0.1) is 0 Å². The van der Waals surface area contributed by atoms with Gasteiger partial charge in [0.25, 0.3) is 0 Å². The Kier molecular flexibility index (Phi) is 5.94. The van der Waals surface area contributed by atoms with Gasteiger partial charge in [-0.3, -0.25) is 4.79 Å². The van der Waals surface area contributed by atoms with Gasteiger partial charge in [-0.2, -0.15) is 0 Å². The van der Waals surface area contributed by atoms with Crippen molar-refractivity contribution in [1.82, 2.24) is 0 Å². The van der Waals surface area contributed by atoms with E-state index in [1.54, 1.807) is 14.2 Å². The van der Waals surface area contributed by atoms with Crippen LogP contribution < -0.4 is 9.47 Å². The number of carbonyl (C=O) groups is 1. The molecular formula is C22H21BrO3. The van der Waals surface area contributed by atoms with Gasteiger partial charge >= 0.3 is 0 Å². The minimum Gasteiger partial charge on any atom is -0.497 e. The lowest BCUT2D eigenvalue weighted by Crippen LogP contribution is -2.12. The second-order valence-corrected chi connectivity index (χ2v) is 7.14. The number of methoxy groups -OCH3 is 2. The quantitative estimate of drug-likeness (QED) is 0.605. The van der Waals surface area contributed by atoms with Gasteiger partial charge in [0.2, 0.25) is 0 Å². The highest BCUT2D eigenvalue weighted by Crippen LogP contribution is 2.30. The Morgan fingerprint density at radius 3 is 1.92 bits per heavy atom. The van der Waals surface area contributed by atoms with Crippen LogP contribution in [0.15, 0.2) is 58.1 Å². The maximum absolute atomic E-state index is 12.9. The van der Waals surface area contributed by atoms with Crippen LogP contribution in [-0.2, 0) is 4.79 Å². The lowest BCUT2D eigenvalue weighted by atomic mass is 9.87. The van der Waals surface area contributed by atoms with E-state index in [1.165, 1.54) is 0 Å². The van der Waals surface area contributed by atoms with Gasteiger partial charge < -0.3 is 9.47 Å². The zero-order valence-electron chi connectivity index (χ0n) is 14.9. The van der Waals surface area contributed by atoms with E-state index in [0.29, 0.717) is 11.5 Å². The molecule has 134 valence electrons. The molecule has 1 aliphatic rings. The SMILES string of the molecule is COc1cc(/C=C2\CCC/C(=C\c3ccc(Br)cc3)C2=O)cc(OC)c1. The molecule has 0 N–H and O–H groups in total. The first-order chi connectivity index (χ1) is 12.6. The molecule has 0 aromatic heterocycles. The maximum atomic E-state index is 12.9. The molecule has 0 aliphatic heterocycles. The van der Waals surface area contributed by atoms with Crippen LogP contribution in [0.4, 0.5) is 0 Å². The summed E-state index contributed by atoms with van der Waals surface area (Å²) in [5.74, 6) is 1.55. The fourth-order valence-corrected chi connectivity index (χ4v) is 3.32. The molecule has 3 rings (SSSR count). The van der Waals surface area contributed by atoms with E-state index in [2.05, 4.69) is 15.9 Å². The molecule has 0 bridgehead atoms. The average molecular weight is 413 g/mol. The molecule has 0 saturated heterocycles. The minimum atomic E-state index is 0.126. The van der Waals surface area contributed by atoms with Crippen molar-refractivity contribution in [2.24, 2.45) is 0 Å². The van der Waals surface area contributed by atoms with Crippen molar-refractivity contribution in [3.8, 4) is 11.5 Å². The van der Waals surface area contributed by atoms with Gasteiger partial charge in [0, 0.05) is 21.7 Å². The van der Waals surface area contributed by atoms with Crippen LogP contribution in [0.1, 0.15) is 30.4 Å². The average Bonchev–Trinajstić information content (AvgIpc) is 2.66. The monoisotopic (exact) mass is 412 g/mol. The Balaban J connectivity index is 1.90. The van der Waals surface area contributed by atoms with E-state index in [9.17, 15) is 4.79 Å². The van der Waals surface area contributed by atoms with Crippen LogP contribution in [0.5, 0.6) is 11.5 Å². The molecular weight excluding hydrogens is 392 g/mol. The van der Waals surface area contributed by atoms with E-state index >= 15 is 0 Å². The van der Waals surface area contributed by atoms with Crippen molar-refractivity contribution >= 4 is 33.9 Å². The van der Waals surface area contributed by atoms with Crippen LogP contribution in [0.3, 0.4) is 0 Å². The molecule has 1 fully saturated rings. The third-order valence-corrected chi connectivity index (χ3v) is 4.93. The third-order valence-electron chi connectivity index (χ3n) is 4.40. The Bertz CT molecular complexity index is 841. The standard InChI is InChI=1S/C22H21BrO3/c1-25-20-12-16(13-21(14-20)26-2)11-18-5-3-4-17(22(18)24)10-15-6-8-19(23)9-7-15/h6-14H,3-5H2,1-2H3/b17-10+,18-11+. The summed E-state index contributed by atoms with van der Waals surface area (Å²) in [7, 11) is 3.24. The largest absolute Gasteiger partial charge is 0.497 e. The Labute approximate surface area is 162 Å². The molecule has 3 nitrogen and oxygen atoms in total. The van der Waals surface area contributed by atoms with Crippen molar-refractivity contribution in [2.75, 3.05) is 14.2 Å². The Hall–Kier alpha value is -2.33. The summed E-state index contributed by atoms with van der Waals surface area (Å²) >= 11 is 3.44. The molecule has 0 heterocycles. The van der Waals surface area contributed by atoms with Crippen LogP contribution in [0, 0.1) is 0 Å². The van der Waals surface area contributed by atoms with Crippen molar-refractivity contribution in [1.29, 1.82) is 0 Å². The van der Waals surface area contributed by atoms with Crippen LogP contribution in [-0.4, -0.2) is 20.0 Å². The molecule has 1 saturated carbocycles. The summed E-state index contributed by atoms with van der Waals surface area (Å²) in [6, 6.07) is 13.6. The topological polar surface area (TPSA) is 35.5 Å². The summed E-state index contributed by atoms with van der Waals surface area (Å²) in [5, 5.41) is 0. The zero-order valence-corrected chi connectivity index (χ0v) is 16.5. The molecule has 2 aromatic rings. The Morgan fingerprint density at radius 1 is 0.846 bits per heavy atom. The first-order valence-corrected chi connectivity index (χ1v) is 9.33. The van der Waals surface area contributed by atoms with E-state index < -0.39 is 0 Å². The normalized spacial score (nSPS) is 17.6. The number of Topliss-reactive ketones (excluding diaryl/α,β-unsaturated/α-hetero) is 1. The zero-order chi connectivity index (χ0) is 18.5. The predicted octanol–water partition coefficient (Wildman–Crippen LogP) is 5.69. The fourth-order valence-electron chi connectivity index (χ4n) is 3.05. The maximum Gasteiger partial charge on any atom is 0.185 e. The number of benzene rings is 2. The second kappa shape index (κ2) is 8.37. The van der Waals surface area contributed by atoms with Gasteiger partial charge in [-0.05, 0) is 66.8 Å². The van der Waals surface area contributed by atoms with Crippen molar-refractivity contribution < 1.29 is 14.3 Å². The summed E-state index contributed by atoms with van der Waals surface area (Å²) in [6.07, 6.45) is 6.51. The molecule has 1 aliphatic carbocycles. The van der Waals surface area contributed by atoms with Gasteiger partial charge in [-0.1, -0.05) is 28.1 Å². The van der Waals surface area contributed by atoms with Crippen LogP contribution in [0.25, 0.3) is 12.2 Å². The molecule has 0 unspecified atom stereocenters. The number of allylic oxidation sites excluding steroid dienone is 2. The number of ketones is 1. The van der Waals surface area contributed by atoms with E-state index in [0.717, 1.165) is 46.0 Å². The number of hydrogen-bond donors (Lipinski definition) is 0. The summed E-state index contributed by atoms with van der Waals surface area (Å²) in [4.78, 5) is 12.9. The molecule has 0 spiro atoms. The summed E-state index contributed by atoms with van der Waals surface area (Å²) in [6.45, 7) is 0. The first-order valence-electron chi connectivity index (χ1n) is 8.53. The fraction of sp³-hybridized carbons (Fsp3) is 0.227. The van der Waals surface area contributed by atoms with Gasteiger partial charge in [0.15, 0.2) is 5.78 Å². The van der Waals surface area contributed by atoms with Crippen molar-refractivity contribution in [3.05, 3.63) is 69.2 Å². The van der Waals surface area contributed by atoms with E-state index in [1.807, 2.05) is 54.6 Å². The minimum absolute atomic E-state index is 0.126. The van der Waals surface area contributed by atoms with Gasteiger partial charge in [0.05, 0.1) is 14.2 Å². The number of rotatable bonds is 4. The molecule has 26 heavy (non-hydrogen) atoms. The van der Waals surface area contributed by atoms with Crippen LogP contribution in [0.2, 0.25) is 0 Å². The lowest BCUT2D eigenvalue weighted by Gasteiger charge is -2.17. The van der Waals surface area contributed by atoms with E-state index in [4.69, 9.17) is 9.47 Å². The van der Waals surface area contributed by atoms with Crippen molar-refractivity contribution in [3.63, 3.8) is 0 Å². The molecule has 2 aromatic carbocycles. The highest BCUT2D eigenvalue weighted by atomic mass is 79.9. The molecule has 0 amide bonds. The Morgan fingerprint density at radius 2 is 1.38 bits per heavy atom. The summed E-state index contributed by atoms with van der Waals surface area (Å²) < 4.78 is 11.7. The smallest absolute Gasteiger partial charge is 0.185 e. The number of halogens is 1. The molecule has 4 heteroatoms. The highest BCUT2D eigenvalue weighted by molar-refractivity contribution is 9.10. The van der Waals surface area contributed by atoms with Crippen molar-refractivity contribution in [2.45, 2.75) is 19.3 Å². The number of carbonyl (C=O) groups excluding carboxylic acids is 1. The predicted molar refractivity (Wildman–Crippen MR) is 109 cm³/mol. The van der Waals surface area contributed by atoms with E-state index in [-0.39, 0.29) is 5.78 Å². The van der Waals surface area contributed by atoms with Gasteiger partial charge in [0.1, 0.15) is 11.5 Å². The second-order valence-electron chi connectivity index (χ2n) is 6.22. The van der Waals surface area contributed by atoms with Crippen LogP contribution >= 0.6 is 15.9 Å². The molecule has 0 atom stereocenters. The highest BCUT2D eigenvalue weighted by Gasteiger charge is 2.20. The number of ether oxygens (including phenoxy) is 2.